The van der Waals surface area contributed by atoms with Crippen molar-refractivity contribution in [2.75, 3.05) is 30.1 Å². The molecule has 162 valence electrons. The summed E-state index contributed by atoms with van der Waals surface area (Å²) in [5.74, 6) is 0.856. The molecular formula is C24H28N4O2S. The molecule has 1 atom stereocenters. The van der Waals surface area contributed by atoms with Gasteiger partial charge in [-0.15, -0.1) is 6.58 Å². The van der Waals surface area contributed by atoms with Gasteiger partial charge in [-0.1, -0.05) is 43.8 Å². The van der Waals surface area contributed by atoms with E-state index in [0.29, 0.717) is 34.3 Å². The minimum absolute atomic E-state index is 0.0931. The largest absolute Gasteiger partial charge is 0.378 e. The van der Waals surface area contributed by atoms with Crippen LogP contribution < -0.4 is 15.8 Å². The summed E-state index contributed by atoms with van der Waals surface area (Å²) in [5, 5.41) is 3.90. The molecule has 2 aromatic rings. The Balaban J connectivity index is 1.89. The molecular weight excluding hydrogens is 408 g/mol. The lowest BCUT2D eigenvalue weighted by molar-refractivity contribution is -0.118. The van der Waals surface area contributed by atoms with Gasteiger partial charge in [-0.25, -0.2) is 4.98 Å². The van der Waals surface area contributed by atoms with E-state index in [4.69, 9.17) is 4.98 Å². The molecule has 1 unspecified atom stereocenters. The first-order chi connectivity index (χ1) is 14.7. The number of nitrogens with one attached hydrogen (secondary N) is 2. The van der Waals surface area contributed by atoms with Crippen LogP contribution in [0.3, 0.4) is 0 Å². The summed E-state index contributed by atoms with van der Waals surface area (Å²) in [7, 11) is 3.97. The molecule has 0 fully saturated rings. The van der Waals surface area contributed by atoms with Gasteiger partial charge in [-0.05, 0) is 29.5 Å². The number of Topliss-reactive ketones (excluding diaryl/α,β-unsaturated/α-hetero) is 1. The lowest BCUT2D eigenvalue weighted by Crippen LogP contribution is -2.37. The number of fused-ring (bicyclic) bond motifs is 1. The van der Waals surface area contributed by atoms with Crippen molar-refractivity contribution in [3.8, 4) is 0 Å². The van der Waals surface area contributed by atoms with Crippen LogP contribution in [0.1, 0.15) is 43.7 Å². The maximum Gasteiger partial charge on any atom is 0.257 e. The van der Waals surface area contributed by atoms with E-state index in [1.165, 1.54) is 11.8 Å². The first kappa shape index (κ1) is 21.4. The number of allylic oxidation sites excluding steroid dienone is 2. The van der Waals surface area contributed by atoms with Gasteiger partial charge < -0.3 is 15.2 Å². The Morgan fingerprint density at radius 2 is 1.94 bits per heavy atom. The van der Waals surface area contributed by atoms with Crippen LogP contribution in [0.2, 0.25) is 0 Å². The van der Waals surface area contributed by atoms with Gasteiger partial charge in [0.1, 0.15) is 5.82 Å². The summed E-state index contributed by atoms with van der Waals surface area (Å²) in [4.78, 5) is 36.1. The van der Waals surface area contributed by atoms with Crippen LogP contribution in [0.4, 0.5) is 11.5 Å². The molecule has 0 bridgehead atoms. The van der Waals surface area contributed by atoms with E-state index in [9.17, 15) is 9.59 Å². The molecule has 7 heteroatoms. The van der Waals surface area contributed by atoms with E-state index in [2.05, 4.69) is 30.7 Å². The molecule has 0 radical (unpaired) electrons. The average Bonchev–Trinajstić information content (AvgIpc) is 2.69. The van der Waals surface area contributed by atoms with E-state index in [-0.39, 0.29) is 16.8 Å². The Morgan fingerprint density at radius 3 is 2.58 bits per heavy atom. The molecule has 0 saturated heterocycles. The minimum Gasteiger partial charge on any atom is -0.378 e. The number of ketones is 1. The molecule has 0 saturated carbocycles. The smallest absolute Gasteiger partial charge is 0.257 e. The number of nitrogens with zero attached hydrogens (tertiary/aromatic N) is 2. The fourth-order valence-electron chi connectivity index (χ4n) is 4.40. The SMILES string of the molecule is C=CCSc1nc2c(c(=O)[nH]1)C(c1ccc(N(C)C)cc1)C1=C(CC(C)(C)CC1=O)N2. The molecule has 2 heterocycles. The third-order valence-corrected chi connectivity index (χ3v) is 6.65. The predicted molar refractivity (Wildman–Crippen MR) is 127 cm³/mol. The van der Waals surface area contributed by atoms with Crippen molar-refractivity contribution in [1.82, 2.24) is 9.97 Å². The van der Waals surface area contributed by atoms with Crippen molar-refractivity contribution in [2.24, 2.45) is 5.41 Å². The van der Waals surface area contributed by atoms with E-state index in [1.54, 1.807) is 6.08 Å². The summed E-state index contributed by atoms with van der Waals surface area (Å²) < 4.78 is 0. The van der Waals surface area contributed by atoms with E-state index >= 15 is 0 Å². The summed E-state index contributed by atoms with van der Waals surface area (Å²) in [6, 6.07) is 8.05. The second kappa shape index (κ2) is 8.04. The highest BCUT2D eigenvalue weighted by Gasteiger charge is 2.42. The molecule has 2 aliphatic rings. The molecule has 6 nitrogen and oxygen atoms in total. The number of H-pyrrole nitrogens is 1. The van der Waals surface area contributed by atoms with Crippen LogP contribution in [0.15, 0.2) is 58.1 Å². The molecule has 2 N–H and O–H groups in total. The maximum absolute atomic E-state index is 13.3. The molecule has 31 heavy (non-hydrogen) atoms. The average molecular weight is 437 g/mol. The Labute approximate surface area is 186 Å². The van der Waals surface area contributed by atoms with Crippen LogP contribution in [0.25, 0.3) is 0 Å². The fraction of sp³-hybridized carbons (Fsp3) is 0.375. The number of carbonyl (C=O) groups is 1. The summed E-state index contributed by atoms with van der Waals surface area (Å²) in [6.07, 6.45) is 2.98. The highest BCUT2D eigenvalue weighted by Crippen LogP contribution is 2.47. The number of aromatic amines is 1. The molecule has 0 spiro atoms. The standard InChI is InChI=1S/C24H28N4O2S/c1-6-11-31-23-26-21-20(22(30)27-23)18(14-7-9-15(10-8-14)28(4)5)19-16(25-21)12-24(2,3)13-17(19)29/h6-10,18H,1,11-13H2,2-5H3,(H2,25,26,27,30). The predicted octanol–water partition coefficient (Wildman–Crippen LogP) is 4.31. The van der Waals surface area contributed by atoms with Gasteiger partial charge in [0.25, 0.3) is 5.56 Å². The lowest BCUT2D eigenvalue weighted by atomic mass is 9.69. The fourth-order valence-corrected chi connectivity index (χ4v) is 4.99. The highest BCUT2D eigenvalue weighted by atomic mass is 32.2. The van der Waals surface area contributed by atoms with Crippen LogP contribution in [0, 0.1) is 5.41 Å². The van der Waals surface area contributed by atoms with Crippen molar-refractivity contribution in [3.63, 3.8) is 0 Å². The molecule has 1 aromatic heterocycles. The molecule has 1 aliphatic carbocycles. The first-order valence-electron chi connectivity index (χ1n) is 10.4. The van der Waals surface area contributed by atoms with Crippen molar-refractivity contribution in [1.29, 1.82) is 0 Å². The van der Waals surface area contributed by atoms with E-state index < -0.39 is 5.92 Å². The lowest BCUT2D eigenvalue weighted by Gasteiger charge is -2.38. The van der Waals surface area contributed by atoms with Crippen LogP contribution in [-0.4, -0.2) is 35.6 Å². The summed E-state index contributed by atoms with van der Waals surface area (Å²) in [5.41, 5.74) is 3.72. The second-order valence-corrected chi connectivity index (χ2v) is 10.1. The molecule has 0 amide bonds. The zero-order valence-electron chi connectivity index (χ0n) is 18.4. The van der Waals surface area contributed by atoms with Crippen molar-refractivity contribution >= 4 is 29.1 Å². The van der Waals surface area contributed by atoms with E-state index in [1.807, 2.05) is 43.3 Å². The van der Waals surface area contributed by atoms with E-state index in [0.717, 1.165) is 23.4 Å². The third kappa shape index (κ3) is 4.06. The van der Waals surface area contributed by atoms with Gasteiger partial charge in [0.05, 0.1) is 5.56 Å². The molecule has 1 aromatic carbocycles. The Bertz CT molecular complexity index is 1130. The summed E-state index contributed by atoms with van der Waals surface area (Å²) in [6.45, 7) is 7.93. The van der Waals surface area contributed by atoms with Gasteiger partial charge in [-0.3, -0.25) is 9.59 Å². The van der Waals surface area contributed by atoms with Gasteiger partial charge in [0, 0.05) is 49.1 Å². The van der Waals surface area contributed by atoms with Gasteiger partial charge >= 0.3 is 0 Å². The Hall–Kier alpha value is -2.80. The van der Waals surface area contributed by atoms with Gasteiger partial charge in [-0.2, -0.15) is 0 Å². The number of benzene rings is 1. The van der Waals surface area contributed by atoms with Gasteiger partial charge in [0.2, 0.25) is 0 Å². The quantitative estimate of drug-likeness (QED) is 0.413. The topological polar surface area (TPSA) is 78.1 Å². The van der Waals surface area contributed by atoms with Crippen molar-refractivity contribution in [3.05, 3.63) is 69.7 Å². The number of rotatable bonds is 5. The number of hydrogen-bond acceptors (Lipinski definition) is 6. The van der Waals surface area contributed by atoms with Crippen LogP contribution in [-0.2, 0) is 4.79 Å². The molecule has 4 rings (SSSR count). The highest BCUT2D eigenvalue weighted by molar-refractivity contribution is 7.99. The number of thioether (sulfide) groups is 1. The monoisotopic (exact) mass is 436 g/mol. The normalized spacial score (nSPS) is 19.4. The Morgan fingerprint density at radius 1 is 1.23 bits per heavy atom. The zero-order valence-corrected chi connectivity index (χ0v) is 19.2. The van der Waals surface area contributed by atoms with Gasteiger partial charge in [0.15, 0.2) is 10.9 Å². The number of anilines is 2. The van der Waals surface area contributed by atoms with Crippen molar-refractivity contribution < 1.29 is 4.79 Å². The van der Waals surface area contributed by atoms with Crippen LogP contribution in [0.5, 0.6) is 0 Å². The van der Waals surface area contributed by atoms with Crippen molar-refractivity contribution in [2.45, 2.75) is 37.8 Å². The second-order valence-electron chi connectivity index (χ2n) is 9.11. The third-order valence-electron chi connectivity index (χ3n) is 5.78. The zero-order chi connectivity index (χ0) is 22.3. The Kier molecular flexibility index (Phi) is 5.56. The number of hydrogen-bond donors (Lipinski definition) is 2. The van der Waals surface area contributed by atoms with Crippen LogP contribution >= 0.6 is 11.8 Å². The minimum atomic E-state index is -0.430. The maximum atomic E-state index is 13.3. The molecule has 1 aliphatic heterocycles. The number of carbonyl (C=O) groups excluding carboxylic acids is 1. The first-order valence-corrected chi connectivity index (χ1v) is 11.4. The summed E-state index contributed by atoms with van der Waals surface area (Å²) >= 11 is 1.43. The number of aromatic nitrogens is 2.